The average Bonchev–Trinajstić information content (AvgIpc) is 3.10. The zero-order valence-corrected chi connectivity index (χ0v) is 15.3. The molecule has 24 heavy (non-hydrogen) atoms. The Morgan fingerprint density at radius 2 is 1.79 bits per heavy atom. The minimum Gasteiger partial charge on any atom is -0.455 e. The van der Waals surface area contributed by atoms with E-state index in [2.05, 4.69) is 78.9 Å². The maximum absolute atomic E-state index is 6.40. The Bertz CT molecular complexity index is 1120. The fraction of sp³-hybridized carbons (Fsp3) is 0.190. The summed E-state index contributed by atoms with van der Waals surface area (Å²) in [6.07, 6.45) is 2.15. The van der Waals surface area contributed by atoms with Crippen LogP contribution in [-0.4, -0.2) is 8.07 Å². The van der Waals surface area contributed by atoms with E-state index in [-0.39, 0.29) is 0 Å². The molecule has 0 aliphatic carbocycles. The van der Waals surface area contributed by atoms with E-state index in [1.165, 1.54) is 32.8 Å². The smallest absolute Gasteiger partial charge is 0.217 e. The van der Waals surface area contributed by atoms with Gasteiger partial charge in [0.1, 0.15) is 11.2 Å². The Kier molecular flexibility index (Phi) is 2.67. The number of furan rings is 1. The topological polar surface area (TPSA) is 17.0 Å². The summed E-state index contributed by atoms with van der Waals surface area (Å²) in [5.74, 6) is 0. The molecule has 0 saturated heterocycles. The molecule has 2 nitrogen and oxygen atoms in total. The number of rotatable bonds is 1. The first kappa shape index (κ1) is 14.0. The Labute approximate surface area is 142 Å². The van der Waals surface area contributed by atoms with Crippen LogP contribution >= 0.6 is 0 Å². The zero-order valence-electron chi connectivity index (χ0n) is 14.3. The van der Waals surface area contributed by atoms with Crippen molar-refractivity contribution in [3.63, 3.8) is 0 Å². The van der Waals surface area contributed by atoms with E-state index >= 15 is 0 Å². The molecular formula is C21H20NOSi+. The highest BCUT2D eigenvalue weighted by atomic mass is 28.3. The van der Waals surface area contributed by atoms with E-state index in [0.717, 1.165) is 17.7 Å². The Hall–Kier alpha value is -2.39. The van der Waals surface area contributed by atoms with E-state index in [1.807, 2.05) is 0 Å². The van der Waals surface area contributed by atoms with Crippen LogP contribution < -0.4 is 9.75 Å². The van der Waals surface area contributed by atoms with Gasteiger partial charge in [0.05, 0.1) is 13.6 Å². The lowest BCUT2D eigenvalue weighted by Gasteiger charge is -2.15. The molecule has 2 aromatic carbocycles. The molecule has 3 heteroatoms. The summed E-state index contributed by atoms with van der Waals surface area (Å²) in [6.45, 7) is 8.06. The van der Waals surface area contributed by atoms with Crippen molar-refractivity contribution < 1.29 is 8.98 Å². The van der Waals surface area contributed by atoms with Gasteiger partial charge in [-0.25, -0.2) is 0 Å². The molecule has 0 unspecified atom stereocenters. The molecule has 0 N–H and O–H groups in total. The molecule has 118 valence electrons. The quantitative estimate of drug-likeness (QED) is 0.328. The van der Waals surface area contributed by atoms with Crippen LogP contribution in [0.15, 0.2) is 59.1 Å². The highest BCUT2D eigenvalue weighted by molar-refractivity contribution is 6.88. The van der Waals surface area contributed by atoms with Crippen LogP contribution in [0.4, 0.5) is 0 Å². The van der Waals surface area contributed by atoms with Crippen LogP contribution in [0.3, 0.4) is 0 Å². The molecule has 0 bridgehead atoms. The van der Waals surface area contributed by atoms with E-state index in [9.17, 15) is 0 Å². The molecule has 0 spiro atoms. The molecule has 1 aliphatic heterocycles. The summed E-state index contributed by atoms with van der Waals surface area (Å²) >= 11 is 0. The second-order valence-electron chi connectivity index (χ2n) is 7.75. The van der Waals surface area contributed by atoms with E-state index in [1.54, 1.807) is 0 Å². The van der Waals surface area contributed by atoms with E-state index in [0.29, 0.717) is 0 Å². The van der Waals surface area contributed by atoms with Crippen LogP contribution in [0.25, 0.3) is 33.2 Å². The first-order chi connectivity index (χ1) is 11.5. The molecule has 2 aromatic heterocycles. The van der Waals surface area contributed by atoms with E-state index < -0.39 is 8.07 Å². The third-order valence-corrected chi connectivity index (χ3v) is 7.17. The Morgan fingerprint density at radius 1 is 0.958 bits per heavy atom. The number of nitrogens with zero attached hydrogens (tertiary/aromatic N) is 1. The second kappa shape index (κ2) is 4.58. The summed E-state index contributed by atoms with van der Waals surface area (Å²) in [5.41, 5.74) is 5.92. The van der Waals surface area contributed by atoms with Gasteiger partial charge in [-0.05, 0) is 18.2 Å². The number of hydrogen-bond donors (Lipinski definition) is 0. The molecule has 0 amide bonds. The maximum atomic E-state index is 6.40. The monoisotopic (exact) mass is 330 g/mol. The van der Waals surface area contributed by atoms with Gasteiger partial charge in [0.25, 0.3) is 0 Å². The van der Waals surface area contributed by atoms with Gasteiger partial charge >= 0.3 is 0 Å². The first-order valence-corrected chi connectivity index (χ1v) is 12.0. The van der Waals surface area contributed by atoms with Crippen LogP contribution in [0.5, 0.6) is 0 Å². The summed E-state index contributed by atoms with van der Waals surface area (Å²) in [4.78, 5) is 0. The van der Waals surface area contributed by atoms with Crippen LogP contribution in [0, 0.1) is 0 Å². The van der Waals surface area contributed by atoms with Gasteiger partial charge in [0.15, 0.2) is 12.7 Å². The SMILES string of the molecule is C[Si](C)(C)c1ccc2c(c1)oc1c3c(ccc12)C[n+]1ccccc1-3. The van der Waals surface area contributed by atoms with Crippen molar-refractivity contribution in [1.29, 1.82) is 0 Å². The number of fused-ring (bicyclic) bond motifs is 7. The minimum absolute atomic E-state index is 0.929. The van der Waals surface area contributed by atoms with Gasteiger partial charge in [-0.3, -0.25) is 0 Å². The molecule has 1 aliphatic rings. The second-order valence-corrected chi connectivity index (χ2v) is 12.8. The summed E-state index contributed by atoms with van der Waals surface area (Å²) in [7, 11) is -1.34. The lowest BCUT2D eigenvalue weighted by molar-refractivity contribution is -0.672. The minimum atomic E-state index is -1.34. The average molecular weight is 330 g/mol. The summed E-state index contributed by atoms with van der Waals surface area (Å²) < 4.78 is 8.69. The van der Waals surface area contributed by atoms with Crippen molar-refractivity contribution in [3.05, 3.63) is 60.3 Å². The normalized spacial score (nSPS) is 13.5. The van der Waals surface area contributed by atoms with Crippen molar-refractivity contribution in [2.24, 2.45) is 0 Å². The molecule has 0 atom stereocenters. The molecule has 0 radical (unpaired) electrons. The fourth-order valence-corrected chi connectivity index (χ4v) is 4.93. The number of pyridine rings is 1. The largest absolute Gasteiger partial charge is 0.455 e. The number of hydrogen-bond acceptors (Lipinski definition) is 1. The molecule has 0 saturated carbocycles. The summed E-state index contributed by atoms with van der Waals surface area (Å²) in [6, 6.07) is 17.7. The van der Waals surface area contributed by atoms with Crippen molar-refractivity contribution in [2.45, 2.75) is 26.2 Å². The zero-order chi connectivity index (χ0) is 16.5. The Morgan fingerprint density at radius 3 is 2.62 bits per heavy atom. The lowest BCUT2D eigenvalue weighted by Crippen LogP contribution is -2.37. The highest BCUT2D eigenvalue weighted by Crippen LogP contribution is 2.38. The molecule has 3 heterocycles. The van der Waals surface area contributed by atoms with Crippen molar-refractivity contribution in [2.75, 3.05) is 0 Å². The molecule has 0 fully saturated rings. The maximum Gasteiger partial charge on any atom is 0.217 e. The van der Waals surface area contributed by atoms with Crippen molar-refractivity contribution in [3.8, 4) is 11.3 Å². The standard InChI is InChI=1S/C21H20NOSi/c1-24(2,3)15-8-10-16-17-9-7-14-13-22-11-5-4-6-18(22)20(14)21(17)23-19(16)12-15/h4-12H,13H2,1-3H3/q+1. The third-order valence-electron chi connectivity index (χ3n) is 5.13. The first-order valence-electron chi connectivity index (χ1n) is 8.50. The van der Waals surface area contributed by atoms with Gasteiger partial charge in [0, 0.05) is 28.5 Å². The molecular weight excluding hydrogens is 310 g/mol. The van der Waals surface area contributed by atoms with Crippen molar-refractivity contribution in [1.82, 2.24) is 0 Å². The van der Waals surface area contributed by atoms with Crippen LogP contribution in [0.1, 0.15) is 5.56 Å². The third kappa shape index (κ3) is 1.85. The summed E-state index contributed by atoms with van der Waals surface area (Å²) in [5, 5.41) is 3.90. The van der Waals surface area contributed by atoms with Gasteiger partial charge in [-0.1, -0.05) is 43.0 Å². The molecule has 5 rings (SSSR count). The predicted molar refractivity (Wildman–Crippen MR) is 101 cm³/mol. The van der Waals surface area contributed by atoms with Gasteiger partial charge in [0.2, 0.25) is 5.69 Å². The fourth-order valence-electron chi connectivity index (χ4n) is 3.78. The van der Waals surface area contributed by atoms with Crippen molar-refractivity contribution >= 4 is 35.2 Å². The lowest BCUT2D eigenvalue weighted by atomic mass is 10.0. The predicted octanol–water partition coefficient (Wildman–Crippen LogP) is 4.45. The van der Waals surface area contributed by atoms with E-state index in [4.69, 9.17) is 4.42 Å². The van der Waals surface area contributed by atoms with Gasteiger partial charge in [-0.2, -0.15) is 4.57 Å². The van der Waals surface area contributed by atoms with Crippen LogP contribution in [0.2, 0.25) is 19.6 Å². The van der Waals surface area contributed by atoms with Gasteiger partial charge < -0.3 is 4.42 Å². The number of aromatic nitrogens is 1. The van der Waals surface area contributed by atoms with Crippen LogP contribution in [-0.2, 0) is 6.54 Å². The van der Waals surface area contributed by atoms with Gasteiger partial charge in [-0.15, -0.1) is 0 Å². The highest BCUT2D eigenvalue weighted by Gasteiger charge is 2.30. The molecule has 4 aromatic rings. The Balaban J connectivity index is 1.85. The number of benzene rings is 2.